The van der Waals surface area contributed by atoms with Crippen LogP contribution in [0.3, 0.4) is 0 Å². The summed E-state index contributed by atoms with van der Waals surface area (Å²) >= 11 is 0. The quantitative estimate of drug-likeness (QED) is 0.270. The minimum Gasteiger partial charge on any atom is -0.358 e. The van der Waals surface area contributed by atoms with Gasteiger partial charge in [-0.1, -0.05) is 62.0 Å². The van der Waals surface area contributed by atoms with Crippen LogP contribution in [0.25, 0.3) is 6.08 Å². The Hall–Kier alpha value is -1.12. The van der Waals surface area contributed by atoms with Crippen molar-refractivity contribution in [3.8, 4) is 0 Å². The van der Waals surface area contributed by atoms with Crippen LogP contribution < -0.4 is 0 Å². The first-order valence-corrected chi connectivity index (χ1v) is 12.3. The summed E-state index contributed by atoms with van der Waals surface area (Å²) in [6.07, 6.45) is 15.2. The normalized spacial score (nSPS) is 21.3. The van der Waals surface area contributed by atoms with Crippen molar-refractivity contribution in [1.29, 1.82) is 0 Å². The second-order valence-electron chi connectivity index (χ2n) is 7.83. The maximum Gasteiger partial charge on any atom is 0 e. The number of rotatable bonds is 3. The van der Waals surface area contributed by atoms with E-state index in [0.717, 1.165) is 12.8 Å². The van der Waals surface area contributed by atoms with E-state index in [-0.39, 0.29) is 40.7 Å². The molecule has 2 heteroatoms. The first-order valence-electron chi connectivity index (χ1n) is 9.76. The van der Waals surface area contributed by atoms with Gasteiger partial charge in [0.05, 0.1) is 0 Å². The van der Waals surface area contributed by atoms with Gasteiger partial charge in [-0.3, -0.25) is 0 Å². The van der Waals surface area contributed by atoms with Crippen molar-refractivity contribution in [1.82, 2.24) is 0 Å². The molecule has 0 heterocycles. The fraction of sp³-hybridized carbons (Fsp3) is 0.296. The second-order valence-corrected chi connectivity index (χ2v) is 10.3. The molecule has 0 saturated heterocycles. The third-order valence-corrected chi connectivity index (χ3v) is 6.74. The van der Waals surface area contributed by atoms with Gasteiger partial charge in [-0.05, 0) is 51.1 Å². The third kappa shape index (κ3) is 4.80. The first-order chi connectivity index (χ1) is 12.6. The maximum absolute atomic E-state index is 3.78. The van der Waals surface area contributed by atoms with Gasteiger partial charge in [0.1, 0.15) is 0 Å². The molecule has 0 fully saturated rings. The van der Waals surface area contributed by atoms with Gasteiger partial charge in [0.15, 0.2) is 0 Å². The summed E-state index contributed by atoms with van der Waals surface area (Å²) < 4.78 is 0. The molecule has 3 aliphatic rings. The van der Waals surface area contributed by atoms with Crippen molar-refractivity contribution >= 4 is 20.2 Å². The fourth-order valence-electron chi connectivity index (χ4n) is 4.67. The van der Waals surface area contributed by atoms with E-state index in [0.29, 0.717) is 11.8 Å². The Morgan fingerprint density at radius 1 is 1.14 bits per heavy atom. The summed E-state index contributed by atoms with van der Waals surface area (Å²) in [6.45, 7) is 9.37. The molecule has 0 bridgehead atoms. The topological polar surface area (TPSA) is 0 Å². The van der Waals surface area contributed by atoms with Crippen LogP contribution in [0.15, 0.2) is 70.4 Å². The summed E-state index contributed by atoms with van der Waals surface area (Å²) in [5.41, 5.74) is 12.8. The Labute approximate surface area is 199 Å². The van der Waals surface area contributed by atoms with E-state index in [9.17, 15) is 0 Å². The monoisotopic (exact) mass is 565 g/mol. The van der Waals surface area contributed by atoms with Gasteiger partial charge >= 0.3 is 0 Å². The van der Waals surface area contributed by atoms with E-state index in [2.05, 4.69) is 87.3 Å². The summed E-state index contributed by atoms with van der Waals surface area (Å²) in [6, 6.07) is 8.91. The first kappa shape index (κ1) is 25.9. The van der Waals surface area contributed by atoms with Crippen molar-refractivity contribution in [3.05, 3.63) is 102 Å². The van der Waals surface area contributed by atoms with Crippen molar-refractivity contribution in [2.24, 2.45) is 5.92 Å². The molecule has 29 heavy (non-hydrogen) atoms. The number of hydrogen-bond donors (Lipinski definition) is 0. The molecule has 0 amide bonds. The van der Waals surface area contributed by atoms with Crippen LogP contribution in [0.4, 0.5) is 0 Å². The molecule has 0 saturated carbocycles. The summed E-state index contributed by atoms with van der Waals surface area (Å²) in [5, 5.41) is 0. The minimum atomic E-state index is -0.402. The molecule has 0 N–H and O–H groups in total. The van der Waals surface area contributed by atoms with Crippen LogP contribution in [-0.2, 0) is 25.8 Å². The third-order valence-electron chi connectivity index (χ3n) is 5.67. The van der Waals surface area contributed by atoms with Gasteiger partial charge in [-0.2, -0.15) is 11.1 Å². The summed E-state index contributed by atoms with van der Waals surface area (Å²) in [4.78, 5) is 0. The SMILES string of the molecule is CCC1=[C-]C2=CC=CCC(C=[Si](C)C)C2=C1C1C(C)=Cc2ccccc21.[CH3-].[CH3-].[Hf]. The standard InChI is InChI=1S/C25H27Si.2CH3.Hf/c1-5-18-15-20-11-6-7-12-21(16-26(3)4)24(20)25(18)23-17(2)14-19-10-8-9-13-22(19)23;;;/h6-11,13-14,16,21,23H,5,12H2,1-4H3;2*1H3;/q3*-1;. The minimum absolute atomic E-state index is 0. The molecule has 3 aliphatic carbocycles. The molecule has 0 radical (unpaired) electrons. The zero-order chi connectivity index (χ0) is 18.3. The second kappa shape index (κ2) is 10.8. The average molecular weight is 564 g/mol. The largest absolute Gasteiger partial charge is 0.358 e. The number of fused-ring (bicyclic) bond motifs is 2. The molecule has 1 aromatic carbocycles. The van der Waals surface area contributed by atoms with Gasteiger partial charge in [0, 0.05) is 25.8 Å². The summed E-state index contributed by atoms with van der Waals surface area (Å²) in [7, 11) is -0.402. The zero-order valence-electron chi connectivity index (χ0n) is 18.8. The Bertz CT molecular complexity index is 933. The van der Waals surface area contributed by atoms with Crippen LogP contribution in [0.1, 0.15) is 43.7 Å². The molecule has 2 unspecified atom stereocenters. The van der Waals surface area contributed by atoms with Crippen molar-refractivity contribution in [3.63, 3.8) is 0 Å². The van der Waals surface area contributed by atoms with Crippen LogP contribution in [0.2, 0.25) is 13.1 Å². The predicted octanol–water partition coefficient (Wildman–Crippen LogP) is 7.18. The van der Waals surface area contributed by atoms with E-state index >= 15 is 0 Å². The summed E-state index contributed by atoms with van der Waals surface area (Å²) in [5.74, 6) is 0.920. The molecule has 0 aliphatic heterocycles. The molecule has 0 nitrogen and oxygen atoms in total. The molecule has 1 aromatic rings. The average Bonchev–Trinajstić information content (AvgIpc) is 3.06. The molecule has 4 rings (SSSR count). The Kier molecular flexibility index (Phi) is 9.62. The number of allylic oxidation sites excluding steroid dienone is 9. The molecular formula is C27H33HfSi-3. The molecular weight excluding hydrogens is 531 g/mol. The Morgan fingerprint density at radius 3 is 2.55 bits per heavy atom. The fourth-order valence-corrected chi connectivity index (χ4v) is 5.78. The Balaban J connectivity index is 0.00000140. The zero-order valence-corrected chi connectivity index (χ0v) is 23.4. The van der Waals surface area contributed by atoms with Crippen LogP contribution in [0.5, 0.6) is 0 Å². The van der Waals surface area contributed by atoms with Gasteiger partial charge in [-0.25, -0.2) is 0 Å². The Morgan fingerprint density at radius 2 is 1.86 bits per heavy atom. The van der Waals surface area contributed by atoms with Crippen LogP contribution in [-0.4, -0.2) is 14.1 Å². The van der Waals surface area contributed by atoms with Gasteiger partial charge in [0.25, 0.3) is 0 Å². The maximum atomic E-state index is 3.78. The van der Waals surface area contributed by atoms with E-state index in [1.807, 2.05) is 0 Å². The van der Waals surface area contributed by atoms with E-state index in [4.69, 9.17) is 0 Å². The molecule has 2 atom stereocenters. The van der Waals surface area contributed by atoms with E-state index in [1.54, 1.807) is 11.1 Å². The van der Waals surface area contributed by atoms with E-state index < -0.39 is 8.41 Å². The smallest absolute Gasteiger partial charge is 0 e. The van der Waals surface area contributed by atoms with Crippen LogP contribution in [0, 0.1) is 26.8 Å². The molecule has 152 valence electrons. The number of benzene rings is 1. The van der Waals surface area contributed by atoms with Crippen molar-refractivity contribution < 1.29 is 25.8 Å². The van der Waals surface area contributed by atoms with Crippen LogP contribution >= 0.6 is 0 Å². The van der Waals surface area contributed by atoms with Crippen molar-refractivity contribution in [2.45, 2.75) is 45.7 Å². The number of hydrogen-bond acceptors (Lipinski definition) is 0. The molecule has 0 aromatic heterocycles. The molecule has 0 spiro atoms. The van der Waals surface area contributed by atoms with Gasteiger partial charge in [0.2, 0.25) is 0 Å². The van der Waals surface area contributed by atoms with Gasteiger partial charge < -0.3 is 14.9 Å². The van der Waals surface area contributed by atoms with Gasteiger partial charge in [-0.15, -0.1) is 35.0 Å². The predicted molar refractivity (Wildman–Crippen MR) is 129 cm³/mol. The van der Waals surface area contributed by atoms with Crippen molar-refractivity contribution in [2.75, 3.05) is 0 Å². The van der Waals surface area contributed by atoms with E-state index in [1.165, 1.54) is 27.8 Å².